The molecule has 1 fully saturated rings. The average molecular weight is 299 g/mol. The van der Waals surface area contributed by atoms with Crippen LogP contribution >= 0.6 is 0 Å². The second-order valence-corrected chi connectivity index (χ2v) is 7.53. The number of carbonyl (C=O) groups is 1. The van der Waals surface area contributed by atoms with Gasteiger partial charge in [-0.05, 0) is 24.7 Å². The van der Waals surface area contributed by atoms with Gasteiger partial charge in [0.05, 0.1) is 17.0 Å². The Morgan fingerprint density at radius 2 is 2.15 bits per heavy atom. The van der Waals surface area contributed by atoms with Crippen molar-refractivity contribution >= 4 is 15.9 Å². The second kappa shape index (κ2) is 5.55. The van der Waals surface area contributed by atoms with Crippen molar-refractivity contribution in [3.63, 3.8) is 0 Å². The van der Waals surface area contributed by atoms with Gasteiger partial charge in [-0.15, -0.1) is 0 Å². The van der Waals surface area contributed by atoms with Gasteiger partial charge in [-0.3, -0.25) is 9.48 Å². The normalized spacial score (nSPS) is 16.2. The number of sulfonamides is 1. The number of aryl methyl sites for hydroxylation is 1. The summed E-state index contributed by atoms with van der Waals surface area (Å²) in [4.78, 5) is 12.1. The van der Waals surface area contributed by atoms with Gasteiger partial charge < -0.3 is 0 Å². The molecule has 0 saturated heterocycles. The molecule has 0 spiro atoms. The summed E-state index contributed by atoms with van der Waals surface area (Å²) in [5.74, 6) is -0.290. The predicted octanol–water partition coefficient (Wildman–Crippen LogP) is 1.40. The van der Waals surface area contributed by atoms with Gasteiger partial charge in [0.1, 0.15) is 0 Å². The molecule has 2 rings (SSSR count). The number of hydrogen-bond acceptors (Lipinski definition) is 4. The molecule has 1 saturated carbocycles. The van der Waals surface area contributed by atoms with Crippen molar-refractivity contribution in [2.75, 3.05) is 5.75 Å². The number of aromatic nitrogens is 2. The molecule has 20 heavy (non-hydrogen) atoms. The van der Waals surface area contributed by atoms with Crippen LogP contribution in [0.2, 0.25) is 0 Å². The topological polar surface area (TPSA) is 81.1 Å². The lowest BCUT2D eigenvalue weighted by Gasteiger charge is -2.24. The van der Waals surface area contributed by atoms with E-state index < -0.39 is 15.9 Å². The van der Waals surface area contributed by atoms with Crippen LogP contribution < -0.4 is 4.72 Å². The maximum atomic E-state index is 12.1. The molecule has 0 unspecified atom stereocenters. The third kappa shape index (κ3) is 3.39. The first-order valence-corrected chi connectivity index (χ1v) is 8.52. The molecule has 1 N–H and O–H groups in total. The van der Waals surface area contributed by atoms with Crippen molar-refractivity contribution in [3.8, 4) is 0 Å². The Kier molecular flexibility index (Phi) is 4.17. The van der Waals surface area contributed by atoms with E-state index in [1.54, 1.807) is 13.2 Å². The molecule has 6 nitrogen and oxygen atoms in total. The fourth-order valence-corrected chi connectivity index (χ4v) is 3.74. The minimum absolute atomic E-state index is 0.0377. The highest BCUT2D eigenvalue weighted by molar-refractivity contribution is 7.90. The Morgan fingerprint density at radius 3 is 2.65 bits per heavy atom. The maximum Gasteiger partial charge on any atom is 0.268 e. The molecular formula is C13H21N3O3S. The van der Waals surface area contributed by atoms with Crippen LogP contribution in [0, 0.1) is 5.92 Å². The van der Waals surface area contributed by atoms with Crippen LogP contribution in [0.25, 0.3) is 0 Å². The third-order valence-corrected chi connectivity index (χ3v) is 4.98. The van der Waals surface area contributed by atoms with E-state index in [-0.39, 0.29) is 17.6 Å². The monoisotopic (exact) mass is 299 g/mol. The second-order valence-electron chi connectivity index (χ2n) is 5.77. The van der Waals surface area contributed by atoms with Gasteiger partial charge in [-0.25, -0.2) is 13.1 Å². The SMILES string of the molecule is CC(C)c1nn(C)cc1C(=O)NS(=O)(=O)CC1CCC1. The number of hydrogen-bond donors (Lipinski definition) is 1. The largest absolute Gasteiger partial charge is 0.275 e. The summed E-state index contributed by atoms with van der Waals surface area (Å²) in [6.07, 6.45) is 4.50. The quantitative estimate of drug-likeness (QED) is 0.891. The average Bonchev–Trinajstić information content (AvgIpc) is 2.66. The van der Waals surface area contributed by atoms with E-state index in [2.05, 4.69) is 9.82 Å². The van der Waals surface area contributed by atoms with Gasteiger partial charge in [-0.2, -0.15) is 5.10 Å². The summed E-state index contributed by atoms with van der Waals surface area (Å²) in [7, 11) is -1.85. The van der Waals surface area contributed by atoms with Crippen molar-refractivity contribution in [1.82, 2.24) is 14.5 Å². The van der Waals surface area contributed by atoms with Crippen LogP contribution in [-0.2, 0) is 17.1 Å². The van der Waals surface area contributed by atoms with Crippen molar-refractivity contribution in [2.45, 2.75) is 39.0 Å². The van der Waals surface area contributed by atoms with Gasteiger partial charge in [0.15, 0.2) is 0 Å². The fourth-order valence-electron chi connectivity index (χ4n) is 2.31. The molecule has 1 heterocycles. The molecule has 1 aliphatic carbocycles. The Hall–Kier alpha value is -1.37. The first-order chi connectivity index (χ1) is 9.28. The highest BCUT2D eigenvalue weighted by Gasteiger charge is 2.27. The predicted molar refractivity (Wildman–Crippen MR) is 75.9 cm³/mol. The van der Waals surface area contributed by atoms with E-state index in [0.29, 0.717) is 11.3 Å². The van der Waals surface area contributed by atoms with Gasteiger partial charge >= 0.3 is 0 Å². The zero-order chi connectivity index (χ0) is 14.9. The Labute approximate surface area is 119 Å². The molecular weight excluding hydrogens is 278 g/mol. The Morgan fingerprint density at radius 1 is 1.50 bits per heavy atom. The van der Waals surface area contributed by atoms with Crippen LogP contribution in [0.15, 0.2) is 6.20 Å². The summed E-state index contributed by atoms with van der Waals surface area (Å²) in [6, 6.07) is 0. The molecule has 0 aliphatic heterocycles. The minimum atomic E-state index is -3.56. The highest BCUT2D eigenvalue weighted by atomic mass is 32.2. The van der Waals surface area contributed by atoms with Crippen LogP contribution in [0.4, 0.5) is 0 Å². The summed E-state index contributed by atoms with van der Waals surface area (Å²) in [5, 5.41) is 4.21. The van der Waals surface area contributed by atoms with E-state index in [1.165, 1.54) is 4.68 Å². The van der Waals surface area contributed by atoms with Gasteiger partial charge in [0.25, 0.3) is 5.91 Å². The lowest BCUT2D eigenvalue weighted by atomic mass is 9.87. The summed E-state index contributed by atoms with van der Waals surface area (Å²) >= 11 is 0. The summed E-state index contributed by atoms with van der Waals surface area (Å²) in [6.45, 7) is 3.84. The van der Waals surface area contributed by atoms with E-state index in [1.807, 2.05) is 13.8 Å². The summed E-state index contributed by atoms with van der Waals surface area (Å²) in [5.41, 5.74) is 0.948. The first kappa shape index (κ1) is 15.0. The van der Waals surface area contributed by atoms with E-state index in [0.717, 1.165) is 19.3 Å². The molecule has 1 aromatic rings. The Bertz CT molecular complexity index is 600. The van der Waals surface area contributed by atoms with E-state index in [9.17, 15) is 13.2 Å². The van der Waals surface area contributed by atoms with Crippen molar-refractivity contribution in [2.24, 2.45) is 13.0 Å². The molecule has 1 amide bonds. The molecule has 1 aromatic heterocycles. The van der Waals surface area contributed by atoms with E-state index >= 15 is 0 Å². The summed E-state index contributed by atoms with van der Waals surface area (Å²) < 4.78 is 27.6. The maximum absolute atomic E-state index is 12.1. The zero-order valence-corrected chi connectivity index (χ0v) is 12.9. The number of carbonyl (C=O) groups excluding carboxylic acids is 1. The standard InChI is InChI=1S/C13H21N3O3S/c1-9(2)12-11(7-16(3)14-12)13(17)15-20(18,19)8-10-5-4-6-10/h7,9-10H,4-6,8H2,1-3H3,(H,15,17). The van der Waals surface area contributed by atoms with Crippen LogP contribution in [0.1, 0.15) is 55.1 Å². The highest BCUT2D eigenvalue weighted by Crippen LogP contribution is 2.27. The van der Waals surface area contributed by atoms with Crippen molar-refractivity contribution in [1.29, 1.82) is 0 Å². The lowest BCUT2D eigenvalue weighted by Crippen LogP contribution is -2.36. The van der Waals surface area contributed by atoms with Gasteiger partial charge in [0.2, 0.25) is 10.0 Å². The van der Waals surface area contributed by atoms with Gasteiger partial charge in [-0.1, -0.05) is 20.3 Å². The molecule has 0 atom stereocenters. The van der Waals surface area contributed by atoms with E-state index in [4.69, 9.17) is 0 Å². The minimum Gasteiger partial charge on any atom is -0.275 e. The number of amides is 1. The third-order valence-electron chi connectivity index (χ3n) is 3.58. The molecule has 7 heteroatoms. The first-order valence-electron chi connectivity index (χ1n) is 6.87. The number of rotatable bonds is 5. The zero-order valence-electron chi connectivity index (χ0n) is 12.1. The molecule has 0 aromatic carbocycles. The molecule has 0 bridgehead atoms. The Balaban J connectivity index is 2.11. The van der Waals surface area contributed by atoms with Crippen molar-refractivity contribution in [3.05, 3.63) is 17.5 Å². The number of nitrogens with one attached hydrogen (secondary N) is 1. The molecule has 1 aliphatic rings. The van der Waals surface area contributed by atoms with Crippen molar-refractivity contribution < 1.29 is 13.2 Å². The molecule has 0 radical (unpaired) electrons. The van der Waals surface area contributed by atoms with Crippen LogP contribution in [-0.4, -0.2) is 29.9 Å². The lowest BCUT2D eigenvalue weighted by molar-refractivity contribution is 0.0980. The number of nitrogens with zero attached hydrogens (tertiary/aromatic N) is 2. The van der Waals surface area contributed by atoms with Gasteiger partial charge in [0, 0.05) is 13.2 Å². The fraction of sp³-hybridized carbons (Fsp3) is 0.692. The smallest absolute Gasteiger partial charge is 0.268 e. The van der Waals surface area contributed by atoms with Crippen LogP contribution in [0.3, 0.4) is 0 Å². The molecule has 112 valence electrons. The van der Waals surface area contributed by atoms with Crippen LogP contribution in [0.5, 0.6) is 0 Å².